The van der Waals surface area contributed by atoms with Crippen molar-refractivity contribution < 1.29 is 13.2 Å². The summed E-state index contributed by atoms with van der Waals surface area (Å²) in [5, 5.41) is 2.91. The van der Waals surface area contributed by atoms with E-state index in [1.165, 1.54) is 11.8 Å². The summed E-state index contributed by atoms with van der Waals surface area (Å²) in [6.45, 7) is 5.77. The molecule has 0 bridgehead atoms. The minimum atomic E-state index is -3.60. The summed E-state index contributed by atoms with van der Waals surface area (Å²) in [6.07, 6.45) is 3.03. The van der Waals surface area contributed by atoms with Crippen molar-refractivity contribution in [3.63, 3.8) is 0 Å². The highest BCUT2D eigenvalue weighted by molar-refractivity contribution is 7.98. The maximum atomic E-state index is 12.7. The topological polar surface area (TPSA) is 66.5 Å². The molecule has 2 rings (SSSR count). The second kappa shape index (κ2) is 8.80. The van der Waals surface area contributed by atoms with E-state index in [9.17, 15) is 13.2 Å². The van der Waals surface area contributed by atoms with Crippen LogP contribution in [0.1, 0.15) is 30.9 Å². The molecule has 0 saturated heterocycles. The van der Waals surface area contributed by atoms with Crippen molar-refractivity contribution in [1.29, 1.82) is 0 Å². The van der Waals surface area contributed by atoms with E-state index >= 15 is 0 Å². The lowest BCUT2D eigenvalue weighted by Crippen LogP contribution is -2.37. The monoisotopic (exact) mass is 406 g/mol. The van der Waals surface area contributed by atoms with Crippen LogP contribution >= 0.6 is 11.8 Å². The highest BCUT2D eigenvalue weighted by Crippen LogP contribution is 2.28. The number of amides is 1. The molecule has 0 aliphatic carbocycles. The van der Waals surface area contributed by atoms with Crippen LogP contribution in [0.2, 0.25) is 0 Å². The number of benzene rings is 2. The quantitative estimate of drug-likeness (QED) is 0.698. The molecular formula is C20H26N2O3S2. The number of thioether (sulfide) groups is 1. The normalized spacial score (nSPS) is 11.5. The molecule has 0 heterocycles. The fourth-order valence-electron chi connectivity index (χ4n) is 2.82. The van der Waals surface area contributed by atoms with Gasteiger partial charge in [-0.15, -0.1) is 11.8 Å². The van der Waals surface area contributed by atoms with E-state index < -0.39 is 10.0 Å². The maximum Gasteiger partial charge on any atom is 0.245 e. The van der Waals surface area contributed by atoms with Gasteiger partial charge in [0.15, 0.2) is 0 Å². The van der Waals surface area contributed by atoms with Crippen LogP contribution in [0.15, 0.2) is 47.4 Å². The number of carbonyl (C=O) groups is 1. The van der Waals surface area contributed by atoms with Gasteiger partial charge >= 0.3 is 0 Å². The first-order valence-electron chi connectivity index (χ1n) is 8.64. The van der Waals surface area contributed by atoms with Crippen LogP contribution in [0.5, 0.6) is 0 Å². The summed E-state index contributed by atoms with van der Waals surface area (Å²) in [7, 11) is -3.60. The van der Waals surface area contributed by atoms with Crippen molar-refractivity contribution in [2.75, 3.05) is 28.7 Å². The van der Waals surface area contributed by atoms with Crippen LogP contribution in [0.3, 0.4) is 0 Å². The van der Waals surface area contributed by atoms with Crippen molar-refractivity contribution in [3.05, 3.63) is 53.6 Å². The molecule has 0 aliphatic heterocycles. The molecule has 1 N–H and O–H groups in total. The molecule has 0 saturated carbocycles. The number of sulfonamides is 1. The number of carbonyl (C=O) groups excluding carboxylic acids is 1. The fourth-order valence-corrected chi connectivity index (χ4v) is 4.12. The van der Waals surface area contributed by atoms with E-state index in [-0.39, 0.29) is 18.4 Å². The van der Waals surface area contributed by atoms with Crippen LogP contribution in [-0.2, 0) is 14.8 Å². The number of aryl methyl sites for hydroxylation is 1. The van der Waals surface area contributed by atoms with Gasteiger partial charge in [0.1, 0.15) is 6.54 Å². The molecule has 2 aromatic rings. The zero-order chi connectivity index (χ0) is 20.2. The van der Waals surface area contributed by atoms with E-state index in [0.29, 0.717) is 5.69 Å². The highest BCUT2D eigenvalue weighted by atomic mass is 32.2. The van der Waals surface area contributed by atoms with E-state index in [2.05, 4.69) is 19.2 Å². The molecule has 0 spiro atoms. The van der Waals surface area contributed by atoms with Crippen molar-refractivity contribution in [1.82, 2.24) is 0 Å². The van der Waals surface area contributed by atoms with E-state index in [1.807, 2.05) is 37.4 Å². The largest absolute Gasteiger partial charge is 0.324 e. The summed E-state index contributed by atoms with van der Waals surface area (Å²) in [6, 6.07) is 13.0. The van der Waals surface area contributed by atoms with Crippen LogP contribution in [-0.4, -0.2) is 33.4 Å². The number of para-hydroxylation sites is 1. The predicted molar refractivity (Wildman–Crippen MR) is 114 cm³/mol. The molecule has 5 nitrogen and oxygen atoms in total. The molecular weight excluding hydrogens is 380 g/mol. The Labute approximate surface area is 166 Å². The fraction of sp³-hybridized carbons (Fsp3) is 0.350. The van der Waals surface area contributed by atoms with Crippen molar-refractivity contribution in [2.24, 2.45) is 0 Å². The van der Waals surface area contributed by atoms with Crippen molar-refractivity contribution >= 4 is 39.1 Å². The summed E-state index contributed by atoms with van der Waals surface area (Å²) < 4.78 is 25.7. The summed E-state index contributed by atoms with van der Waals surface area (Å²) in [5.74, 6) is -0.129. The lowest BCUT2D eigenvalue weighted by atomic mass is 9.98. The Bertz CT molecular complexity index is 925. The van der Waals surface area contributed by atoms with Crippen LogP contribution in [0, 0.1) is 6.92 Å². The van der Waals surface area contributed by atoms with Gasteiger partial charge in [-0.3, -0.25) is 9.10 Å². The van der Waals surface area contributed by atoms with Crippen molar-refractivity contribution in [3.8, 4) is 0 Å². The Morgan fingerprint density at radius 2 is 1.85 bits per heavy atom. The number of hydrogen-bond donors (Lipinski definition) is 1. The number of nitrogens with one attached hydrogen (secondary N) is 1. The molecule has 0 aromatic heterocycles. The zero-order valence-corrected chi connectivity index (χ0v) is 17.9. The maximum absolute atomic E-state index is 12.7. The third-order valence-electron chi connectivity index (χ3n) is 4.22. The van der Waals surface area contributed by atoms with Gasteiger partial charge in [-0.2, -0.15) is 0 Å². The molecule has 1 amide bonds. The van der Waals surface area contributed by atoms with Gasteiger partial charge in [-0.25, -0.2) is 8.42 Å². The number of rotatable bonds is 7. The highest BCUT2D eigenvalue weighted by Gasteiger charge is 2.22. The average Bonchev–Trinajstić information content (AvgIpc) is 2.60. The van der Waals surface area contributed by atoms with Gasteiger partial charge in [-0.05, 0) is 48.4 Å². The van der Waals surface area contributed by atoms with Gasteiger partial charge in [0.2, 0.25) is 15.9 Å². The lowest BCUT2D eigenvalue weighted by Gasteiger charge is -2.23. The van der Waals surface area contributed by atoms with Gasteiger partial charge in [0.25, 0.3) is 0 Å². The number of hydrogen-bond acceptors (Lipinski definition) is 4. The van der Waals surface area contributed by atoms with Gasteiger partial charge in [-0.1, -0.05) is 38.1 Å². The molecule has 2 aromatic carbocycles. The van der Waals surface area contributed by atoms with E-state index in [4.69, 9.17) is 0 Å². The van der Waals surface area contributed by atoms with Crippen LogP contribution in [0.25, 0.3) is 0 Å². The minimum Gasteiger partial charge on any atom is -0.324 e. The van der Waals surface area contributed by atoms with E-state index in [0.717, 1.165) is 32.3 Å². The molecule has 0 unspecified atom stereocenters. The Hall–Kier alpha value is -1.99. The van der Waals surface area contributed by atoms with Crippen LogP contribution < -0.4 is 9.62 Å². The molecule has 0 aliphatic rings. The summed E-state index contributed by atoms with van der Waals surface area (Å²) in [4.78, 5) is 13.6. The second-order valence-electron chi connectivity index (χ2n) is 6.71. The molecule has 27 heavy (non-hydrogen) atoms. The molecule has 7 heteroatoms. The Kier molecular flexibility index (Phi) is 6.95. The Balaban J connectivity index is 2.31. The Morgan fingerprint density at radius 1 is 1.19 bits per heavy atom. The minimum absolute atomic E-state index is 0.240. The lowest BCUT2D eigenvalue weighted by molar-refractivity contribution is -0.114. The molecule has 0 atom stereocenters. The predicted octanol–water partition coefficient (Wildman–Crippen LogP) is 4.25. The first-order chi connectivity index (χ1) is 12.6. The van der Waals surface area contributed by atoms with Gasteiger partial charge in [0, 0.05) is 10.6 Å². The molecule has 146 valence electrons. The zero-order valence-electron chi connectivity index (χ0n) is 16.3. The Morgan fingerprint density at radius 3 is 2.44 bits per heavy atom. The second-order valence-corrected chi connectivity index (χ2v) is 9.50. The first-order valence-corrected chi connectivity index (χ1v) is 11.7. The number of anilines is 2. The van der Waals surface area contributed by atoms with Crippen molar-refractivity contribution in [2.45, 2.75) is 31.6 Å². The average molecular weight is 407 g/mol. The molecule has 0 radical (unpaired) electrons. The standard InChI is InChI=1S/C20H26N2O3S2/c1-14(2)18-11-6-8-15(3)20(18)21-19(23)13-22(27(5,24)25)16-9-7-10-17(12-16)26-4/h6-12,14H,13H2,1-5H3,(H,21,23). The van der Waals surface area contributed by atoms with Gasteiger partial charge < -0.3 is 5.32 Å². The SMILES string of the molecule is CSc1cccc(N(CC(=O)Nc2c(C)cccc2C(C)C)S(C)(=O)=O)c1. The summed E-state index contributed by atoms with van der Waals surface area (Å²) in [5.41, 5.74) is 3.21. The van der Waals surface area contributed by atoms with E-state index in [1.54, 1.807) is 18.2 Å². The molecule has 0 fully saturated rings. The third kappa shape index (κ3) is 5.49. The first kappa shape index (κ1) is 21.3. The number of nitrogens with zero attached hydrogens (tertiary/aromatic N) is 1. The van der Waals surface area contributed by atoms with Crippen LogP contribution in [0.4, 0.5) is 11.4 Å². The third-order valence-corrected chi connectivity index (χ3v) is 6.09. The summed E-state index contributed by atoms with van der Waals surface area (Å²) >= 11 is 1.52. The smallest absolute Gasteiger partial charge is 0.245 e. The van der Waals surface area contributed by atoms with Gasteiger partial charge in [0.05, 0.1) is 11.9 Å².